The van der Waals surface area contributed by atoms with Crippen molar-refractivity contribution in [3.05, 3.63) is 71.3 Å². The standard InChI is InChI=1S/C18H11ClFN5/c1-21-16-8-22-15-6-4-12(9-25(15)16)18-17(23-10-24(18)2)11-3-5-14(20)13(19)7-11/h3-10H,2H3. The van der Waals surface area contributed by atoms with Crippen LogP contribution in [0.25, 0.3) is 33.0 Å². The normalized spacial score (nSPS) is 11.0. The van der Waals surface area contributed by atoms with Crippen LogP contribution in [0.3, 0.4) is 0 Å². The molecule has 0 aliphatic carbocycles. The van der Waals surface area contributed by atoms with Gasteiger partial charge in [0.1, 0.15) is 5.82 Å². The zero-order valence-electron chi connectivity index (χ0n) is 13.1. The Balaban J connectivity index is 1.93. The first kappa shape index (κ1) is 15.4. The van der Waals surface area contributed by atoms with Gasteiger partial charge in [-0.1, -0.05) is 18.2 Å². The summed E-state index contributed by atoms with van der Waals surface area (Å²) in [5, 5.41) is 0.0504. The molecule has 5 nitrogen and oxygen atoms in total. The molecule has 4 rings (SSSR count). The summed E-state index contributed by atoms with van der Waals surface area (Å²) in [5.74, 6) is -0.0326. The molecular formula is C18H11ClFN5. The maximum absolute atomic E-state index is 13.5. The molecule has 4 aromatic rings. The summed E-state index contributed by atoms with van der Waals surface area (Å²) in [6.07, 6.45) is 5.08. The number of aryl methyl sites for hydroxylation is 1. The van der Waals surface area contributed by atoms with E-state index < -0.39 is 5.82 Å². The van der Waals surface area contributed by atoms with Crippen LogP contribution < -0.4 is 0 Å². The molecule has 0 spiro atoms. The molecule has 25 heavy (non-hydrogen) atoms. The van der Waals surface area contributed by atoms with Gasteiger partial charge in [-0.3, -0.25) is 0 Å². The van der Waals surface area contributed by atoms with Crippen molar-refractivity contribution in [1.82, 2.24) is 18.9 Å². The SMILES string of the molecule is [C-]#[N+]c1cnc2ccc(-c3c(-c4ccc(F)c(Cl)c4)ncn3C)cn12. The van der Waals surface area contributed by atoms with Gasteiger partial charge in [-0.05, 0) is 24.3 Å². The summed E-state index contributed by atoms with van der Waals surface area (Å²) in [6.45, 7) is 7.25. The van der Waals surface area contributed by atoms with Crippen molar-refractivity contribution in [2.75, 3.05) is 0 Å². The number of aromatic nitrogens is 4. The van der Waals surface area contributed by atoms with Crippen molar-refractivity contribution in [1.29, 1.82) is 0 Å². The van der Waals surface area contributed by atoms with Crippen molar-refractivity contribution < 1.29 is 4.39 Å². The second kappa shape index (κ2) is 5.72. The van der Waals surface area contributed by atoms with Gasteiger partial charge in [-0.15, -0.1) is 0 Å². The molecule has 0 aliphatic rings. The van der Waals surface area contributed by atoms with Crippen LogP contribution in [0.1, 0.15) is 0 Å². The first-order valence-electron chi connectivity index (χ1n) is 7.40. The Hall–Kier alpha value is -3.17. The number of fused-ring (bicyclic) bond motifs is 1. The fourth-order valence-corrected chi connectivity index (χ4v) is 3.00. The Morgan fingerprint density at radius 2 is 1.96 bits per heavy atom. The third-order valence-corrected chi connectivity index (χ3v) is 4.29. The molecule has 0 saturated heterocycles. The van der Waals surface area contributed by atoms with Crippen LogP contribution in [-0.2, 0) is 7.05 Å². The van der Waals surface area contributed by atoms with Crippen molar-refractivity contribution in [2.24, 2.45) is 7.05 Å². The van der Waals surface area contributed by atoms with Crippen LogP contribution in [0.5, 0.6) is 0 Å². The number of pyridine rings is 1. The molecule has 7 heteroatoms. The third kappa shape index (κ3) is 2.46. The van der Waals surface area contributed by atoms with Crippen LogP contribution in [0.15, 0.2) is 49.1 Å². The lowest BCUT2D eigenvalue weighted by Gasteiger charge is -2.07. The lowest BCUT2D eigenvalue weighted by Crippen LogP contribution is -1.94. The minimum atomic E-state index is -0.468. The Labute approximate surface area is 147 Å². The number of benzene rings is 1. The van der Waals surface area contributed by atoms with E-state index in [2.05, 4.69) is 14.8 Å². The second-order valence-corrected chi connectivity index (χ2v) is 5.96. The topological polar surface area (TPSA) is 39.5 Å². The number of rotatable bonds is 2. The van der Waals surface area contributed by atoms with Gasteiger partial charge in [-0.2, -0.15) is 0 Å². The van der Waals surface area contributed by atoms with E-state index >= 15 is 0 Å². The summed E-state index contributed by atoms with van der Waals surface area (Å²) in [5.41, 5.74) is 3.81. The van der Waals surface area contributed by atoms with Gasteiger partial charge in [0.2, 0.25) is 5.65 Å². The molecule has 0 fully saturated rings. The number of halogens is 2. The maximum Gasteiger partial charge on any atom is 0.254 e. The highest BCUT2D eigenvalue weighted by molar-refractivity contribution is 6.31. The smallest absolute Gasteiger partial charge is 0.254 e. The van der Waals surface area contributed by atoms with E-state index in [-0.39, 0.29) is 5.02 Å². The number of nitrogens with zero attached hydrogens (tertiary/aromatic N) is 5. The van der Waals surface area contributed by atoms with E-state index in [0.717, 1.165) is 16.8 Å². The molecule has 0 saturated carbocycles. The van der Waals surface area contributed by atoms with Crippen LogP contribution in [0.4, 0.5) is 10.2 Å². The number of hydrogen-bond acceptors (Lipinski definition) is 2. The zero-order chi connectivity index (χ0) is 17.6. The van der Waals surface area contributed by atoms with E-state index in [4.69, 9.17) is 18.2 Å². The van der Waals surface area contributed by atoms with Gasteiger partial charge >= 0.3 is 0 Å². The lowest BCUT2D eigenvalue weighted by atomic mass is 10.1. The predicted octanol–water partition coefficient (Wildman–Crippen LogP) is 4.75. The van der Waals surface area contributed by atoms with Crippen LogP contribution >= 0.6 is 11.6 Å². The summed E-state index contributed by atoms with van der Waals surface area (Å²) < 4.78 is 17.1. The highest BCUT2D eigenvalue weighted by Crippen LogP contribution is 2.33. The molecule has 0 unspecified atom stereocenters. The average Bonchev–Trinajstić information content (AvgIpc) is 3.20. The largest absolute Gasteiger partial charge is 0.362 e. The summed E-state index contributed by atoms with van der Waals surface area (Å²) in [7, 11) is 1.88. The van der Waals surface area contributed by atoms with Crippen LogP contribution in [-0.4, -0.2) is 18.9 Å². The van der Waals surface area contributed by atoms with E-state index in [1.807, 2.05) is 29.9 Å². The molecule has 0 atom stereocenters. The monoisotopic (exact) mass is 351 g/mol. The highest BCUT2D eigenvalue weighted by Gasteiger charge is 2.17. The van der Waals surface area contributed by atoms with Crippen molar-refractivity contribution >= 4 is 23.1 Å². The molecule has 122 valence electrons. The quantitative estimate of drug-likeness (QED) is 0.489. The average molecular weight is 352 g/mol. The molecule has 3 aromatic heterocycles. The molecular weight excluding hydrogens is 341 g/mol. The van der Waals surface area contributed by atoms with Gasteiger partial charge in [0, 0.05) is 24.2 Å². The summed E-state index contributed by atoms with van der Waals surface area (Å²) in [4.78, 5) is 12.1. The second-order valence-electron chi connectivity index (χ2n) is 5.56. The first-order chi connectivity index (χ1) is 12.1. The van der Waals surface area contributed by atoms with Crippen LogP contribution in [0, 0.1) is 12.4 Å². The Morgan fingerprint density at radius 3 is 2.72 bits per heavy atom. The van der Waals surface area contributed by atoms with Gasteiger partial charge < -0.3 is 9.41 Å². The van der Waals surface area contributed by atoms with E-state index in [0.29, 0.717) is 17.2 Å². The first-order valence-corrected chi connectivity index (χ1v) is 7.78. The fraction of sp³-hybridized carbons (Fsp3) is 0.0556. The van der Waals surface area contributed by atoms with Crippen molar-refractivity contribution in [3.63, 3.8) is 0 Å². The van der Waals surface area contributed by atoms with E-state index in [9.17, 15) is 4.39 Å². The molecule has 0 aliphatic heterocycles. The van der Waals surface area contributed by atoms with Crippen molar-refractivity contribution in [3.8, 4) is 22.5 Å². The van der Waals surface area contributed by atoms with Gasteiger partial charge in [0.05, 0.1) is 35.1 Å². The molecule has 0 bridgehead atoms. The number of hydrogen-bond donors (Lipinski definition) is 0. The minimum absolute atomic E-state index is 0.0504. The summed E-state index contributed by atoms with van der Waals surface area (Å²) in [6, 6.07) is 8.29. The Morgan fingerprint density at radius 1 is 1.16 bits per heavy atom. The summed E-state index contributed by atoms with van der Waals surface area (Å²) >= 11 is 5.92. The highest BCUT2D eigenvalue weighted by atomic mass is 35.5. The van der Waals surface area contributed by atoms with Gasteiger partial charge in [0.25, 0.3) is 5.82 Å². The molecule has 0 N–H and O–H groups in total. The molecule has 0 amide bonds. The van der Waals surface area contributed by atoms with Gasteiger partial charge in [0.15, 0.2) is 0 Å². The lowest BCUT2D eigenvalue weighted by molar-refractivity contribution is 0.628. The van der Waals surface area contributed by atoms with E-state index in [1.165, 1.54) is 12.3 Å². The Bertz CT molecular complexity index is 1150. The zero-order valence-corrected chi connectivity index (χ0v) is 13.9. The van der Waals surface area contributed by atoms with Crippen LogP contribution in [0.2, 0.25) is 5.02 Å². The molecule has 1 aromatic carbocycles. The molecule has 3 heterocycles. The fourth-order valence-electron chi connectivity index (χ4n) is 2.82. The number of imidazole rings is 2. The minimum Gasteiger partial charge on any atom is -0.362 e. The molecule has 0 radical (unpaired) electrons. The Kier molecular flexibility index (Phi) is 3.52. The maximum atomic E-state index is 13.5. The van der Waals surface area contributed by atoms with E-state index in [1.54, 1.807) is 22.9 Å². The van der Waals surface area contributed by atoms with Crippen molar-refractivity contribution in [2.45, 2.75) is 0 Å². The third-order valence-electron chi connectivity index (χ3n) is 4.00. The predicted molar refractivity (Wildman–Crippen MR) is 94.1 cm³/mol. The van der Waals surface area contributed by atoms with Gasteiger partial charge in [-0.25, -0.2) is 18.8 Å².